The summed E-state index contributed by atoms with van der Waals surface area (Å²) in [6.45, 7) is 6.36. The molecule has 0 amide bonds. The van der Waals surface area contributed by atoms with Gasteiger partial charge < -0.3 is 5.11 Å². The zero-order chi connectivity index (χ0) is 14.8. The molecule has 1 aromatic rings. The minimum Gasteiger partial charge on any atom is -0.480 e. The fourth-order valence-corrected chi connectivity index (χ4v) is 3.45. The Morgan fingerprint density at radius 3 is 2.62 bits per heavy atom. The van der Waals surface area contributed by atoms with E-state index in [9.17, 15) is 4.79 Å². The van der Waals surface area contributed by atoms with E-state index >= 15 is 0 Å². The Balaban J connectivity index is 1.55. The van der Waals surface area contributed by atoms with Crippen molar-refractivity contribution in [2.45, 2.75) is 38.8 Å². The molecule has 0 saturated carbocycles. The second-order valence-electron chi connectivity index (χ2n) is 6.28. The van der Waals surface area contributed by atoms with Crippen LogP contribution in [0.15, 0.2) is 18.2 Å². The van der Waals surface area contributed by atoms with Crippen molar-refractivity contribution in [3.63, 3.8) is 0 Å². The highest BCUT2D eigenvalue weighted by Gasteiger charge is 2.25. The zero-order valence-electron chi connectivity index (χ0n) is 12.7. The summed E-state index contributed by atoms with van der Waals surface area (Å²) in [4.78, 5) is 15.5. The molecule has 0 radical (unpaired) electrons. The fourth-order valence-electron chi connectivity index (χ4n) is 3.45. The molecule has 0 aromatic heterocycles. The first kappa shape index (κ1) is 14.5. The van der Waals surface area contributed by atoms with E-state index in [0.717, 1.165) is 32.7 Å². The smallest absolute Gasteiger partial charge is 0.320 e. The molecular weight excluding hydrogens is 264 g/mol. The fraction of sp³-hybridized carbons (Fsp3) is 0.588. The van der Waals surface area contributed by atoms with E-state index in [4.69, 9.17) is 5.11 Å². The quantitative estimate of drug-likeness (QED) is 0.917. The molecule has 0 bridgehead atoms. The van der Waals surface area contributed by atoms with Crippen LogP contribution in [0.4, 0.5) is 0 Å². The molecule has 1 saturated heterocycles. The molecule has 21 heavy (non-hydrogen) atoms. The number of aryl methyl sites for hydroxylation is 2. The second-order valence-corrected chi connectivity index (χ2v) is 6.28. The summed E-state index contributed by atoms with van der Waals surface area (Å²) in [5.74, 6) is -0.720. The van der Waals surface area contributed by atoms with Crippen LogP contribution >= 0.6 is 0 Å². The van der Waals surface area contributed by atoms with E-state index < -0.39 is 5.97 Å². The number of hydrogen-bond donors (Lipinski definition) is 1. The number of carbonyl (C=O) groups is 1. The highest BCUT2D eigenvalue weighted by atomic mass is 16.4. The highest BCUT2D eigenvalue weighted by Crippen LogP contribution is 2.23. The van der Waals surface area contributed by atoms with E-state index in [0.29, 0.717) is 0 Å². The summed E-state index contributed by atoms with van der Waals surface area (Å²) in [7, 11) is 0. The number of hydrogen-bond acceptors (Lipinski definition) is 3. The molecule has 2 aliphatic rings. The predicted molar refractivity (Wildman–Crippen MR) is 82.4 cm³/mol. The Bertz CT molecular complexity index is 522. The first-order valence-electron chi connectivity index (χ1n) is 7.93. The minimum absolute atomic E-state index is 0.368. The number of benzene rings is 1. The number of piperazine rings is 1. The Morgan fingerprint density at radius 2 is 1.90 bits per heavy atom. The van der Waals surface area contributed by atoms with Gasteiger partial charge in [0.1, 0.15) is 6.04 Å². The summed E-state index contributed by atoms with van der Waals surface area (Å²) in [5, 5.41) is 9.07. The van der Waals surface area contributed by atoms with Gasteiger partial charge in [-0.1, -0.05) is 18.2 Å². The van der Waals surface area contributed by atoms with E-state index in [1.54, 1.807) is 6.92 Å². The van der Waals surface area contributed by atoms with Crippen LogP contribution in [0.1, 0.15) is 30.0 Å². The number of aliphatic carboxylic acids is 1. The summed E-state index contributed by atoms with van der Waals surface area (Å²) in [5.41, 5.74) is 4.46. The molecule has 1 atom stereocenters. The maximum absolute atomic E-state index is 11.0. The summed E-state index contributed by atoms with van der Waals surface area (Å²) in [6, 6.07) is 6.55. The van der Waals surface area contributed by atoms with Crippen molar-refractivity contribution in [2.75, 3.05) is 26.2 Å². The lowest BCUT2D eigenvalue weighted by molar-refractivity contribution is -0.143. The molecular formula is C17H24N2O2. The van der Waals surface area contributed by atoms with Gasteiger partial charge in [-0.15, -0.1) is 0 Å². The van der Waals surface area contributed by atoms with Crippen molar-refractivity contribution >= 4 is 5.97 Å². The van der Waals surface area contributed by atoms with Gasteiger partial charge in [0.2, 0.25) is 0 Å². The topological polar surface area (TPSA) is 43.8 Å². The van der Waals surface area contributed by atoms with Crippen molar-refractivity contribution in [3.05, 3.63) is 34.9 Å². The van der Waals surface area contributed by atoms with Gasteiger partial charge in [0.15, 0.2) is 0 Å². The number of nitrogens with zero attached hydrogens (tertiary/aromatic N) is 2. The van der Waals surface area contributed by atoms with Gasteiger partial charge in [0.05, 0.1) is 0 Å². The van der Waals surface area contributed by atoms with Gasteiger partial charge in [-0.3, -0.25) is 14.6 Å². The van der Waals surface area contributed by atoms with Crippen LogP contribution in [-0.2, 0) is 24.2 Å². The Kier molecular flexibility index (Phi) is 4.27. The molecule has 1 fully saturated rings. The van der Waals surface area contributed by atoms with Gasteiger partial charge in [-0.05, 0) is 42.9 Å². The lowest BCUT2D eigenvalue weighted by Gasteiger charge is -2.36. The van der Waals surface area contributed by atoms with Crippen molar-refractivity contribution in [2.24, 2.45) is 0 Å². The molecule has 1 aromatic carbocycles. The third kappa shape index (κ3) is 3.27. The Hall–Kier alpha value is -1.39. The average molecular weight is 288 g/mol. The van der Waals surface area contributed by atoms with Crippen molar-refractivity contribution in [1.29, 1.82) is 0 Å². The standard InChI is InChI=1S/C17H24N2O2/c1-13(17(20)21)19-9-7-18(8-10-19)12-14-5-6-15-3-2-4-16(15)11-14/h5-6,11,13H,2-4,7-10,12H2,1H3,(H,20,21). The molecule has 1 N–H and O–H groups in total. The Morgan fingerprint density at radius 1 is 1.19 bits per heavy atom. The van der Waals surface area contributed by atoms with Gasteiger partial charge in [-0.25, -0.2) is 0 Å². The molecule has 1 aliphatic heterocycles. The molecule has 3 rings (SSSR count). The lowest BCUT2D eigenvalue weighted by Crippen LogP contribution is -2.51. The van der Waals surface area contributed by atoms with E-state index in [1.165, 1.54) is 36.0 Å². The predicted octanol–water partition coefficient (Wildman–Crippen LogP) is 1.77. The first-order chi connectivity index (χ1) is 10.1. The lowest BCUT2D eigenvalue weighted by atomic mass is 10.1. The molecule has 0 spiro atoms. The maximum atomic E-state index is 11.0. The van der Waals surface area contributed by atoms with Crippen LogP contribution in [0.25, 0.3) is 0 Å². The summed E-state index contributed by atoms with van der Waals surface area (Å²) >= 11 is 0. The number of rotatable bonds is 4. The van der Waals surface area contributed by atoms with Gasteiger partial charge in [-0.2, -0.15) is 0 Å². The molecule has 1 aliphatic carbocycles. The first-order valence-corrected chi connectivity index (χ1v) is 7.93. The van der Waals surface area contributed by atoms with E-state index in [1.807, 2.05) is 0 Å². The van der Waals surface area contributed by atoms with Crippen LogP contribution in [0.2, 0.25) is 0 Å². The van der Waals surface area contributed by atoms with Crippen LogP contribution in [-0.4, -0.2) is 53.1 Å². The minimum atomic E-state index is -0.720. The summed E-state index contributed by atoms with van der Waals surface area (Å²) < 4.78 is 0. The molecule has 4 nitrogen and oxygen atoms in total. The number of fused-ring (bicyclic) bond motifs is 1. The average Bonchev–Trinajstić information content (AvgIpc) is 2.95. The third-order valence-corrected chi connectivity index (χ3v) is 4.88. The summed E-state index contributed by atoms with van der Waals surface area (Å²) in [6.07, 6.45) is 3.76. The van der Waals surface area contributed by atoms with Crippen LogP contribution in [0.5, 0.6) is 0 Å². The van der Waals surface area contributed by atoms with Gasteiger partial charge >= 0.3 is 5.97 Å². The van der Waals surface area contributed by atoms with Gasteiger partial charge in [0.25, 0.3) is 0 Å². The molecule has 114 valence electrons. The van der Waals surface area contributed by atoms with Crippen molar-refractivity contribution < 1.29 is 9.90 Å². The maximum Gasteiger partial charge on any atom is 0.320 e. The monoisotopic (exact) mass is 288 g/mol. The second kappa shape index (κ2) is 6.16. The third-order valence-electron chi connectivity index (χ3n) is 4.88. The SMILES string of the molecule is CC(C(=O)O)N1CCN(Cc2ccc3c(c2)CCC3)CC1. The van der Waals surface area contributed by atoms with Crippen LogP contribution in [0, 0.1) is 0 Å². The number of carboxylic acids is 1. The van der Waals surface area contributed by atoms with Crippen LogP contribution in [0.3, 0.4) is 0 Å². The van der Waals surface area contributed by atoms with Crippen molar-refractivity contribution in [1.82, 2.24) is 9.80 Å². The van der Waals surface area contributed by atoms with Crippen LogP contribution < -0.4 is 0 Å². The molecule has 4 heteroatoms. The number of carboxylic acid groups (broad SMARTS) is 1. The highest BCUT2D eigenvalue weighted by molar-refractivity contribution is 5.72. The normalized spacial score (nSPS) is 21.2. The van der Waals surface area contributed by atoms with E-state index in [-0.39, 0.29) is 6.04 Å². The largest absolute Gasteiger partial charge is 0.480 e. The zero-order valence-corrected chi connectivity index (χ0v) is 12.7. The Labute approximate surface area is 126 Å². The van der Waals surface area contributed by atoms with Gasteiger partial charge in [0, 0.05) is 32.7 Å². The molecule has 1 unspecified atom stereocenters. The van der Waals surface area contributed by atoms with Crippen molar-refractivity contribution in [3.8, 4) is 0 Å². The molecule has 1 heterocycles. The van der Waals surface area contributed by atoms with E-state index in [2.05, 4.69) is 28.0 Å².